The number of carbonyl (C=O) groups is 2. The second kappa shape index (κ2) is 13.2. The summed E-state index contributed by atoms with van der Waals surface area (Å²) in [5, 5.41) is 16.4. The number of hydrogen-bond acceptors (Lipinski definition) is 8. The zero-order chi connectivity index (χ0) is 31.4. The summed E-state index contributed by atoms with van der Waals surface area (Å²) in [7, 11) is 1.39. The van der Waals surface area contributed by atoms with E-state index in [-0.39, 0.29) is 50.8 Å². The lowest BCUT2D eigenvalue weighted by atomic mass is 10.0. The van der Waals surface area contributed by atoms with Crippen molar-refractivity contribution < 1.29 is 42.2 Å². The molecule has 232 valence electrons. The summed E-state index contributed by atoms with van der Waals surface area (Å²) in [6, 6.07) is 8.44. The van der Waals surface area contributed by atoms with E-state index in [2.05, 4.69) is 10.5 Å². The molecule has 2 aliphatic rings. The number of aliphatic hydroxyl groups excluding tert-OH is 1. The molecule has 2 aliphatic heterocycles. The van der Waals surface area contributed by atoms with Crippen molar-refractivity contribution in [1.29, 1.82) is 0 Å². The molecule has 0 saturated heterocycles. The number of amides is 2. The molecule has 1 aromatic heterocycles. The highest BCUT2D eigenvalue weighted by molar-refractivity contribution is 5.99. The van der Waals surface area contributed by atoms with Crippen LogP contribution in [0, 0.1) is 17.5 Å². The molecule has 0 saturated carbocycles. The lowest BCUT2D eigenvalue weighted by Gasteiger charge is -2.40. The zero-order valence-electron chi connectivity index (χ0n) is 23.6. The maximum atomic E-state index is 14.2. The first-order valence-electron chi connectivity index (χ1n) is 13.7. The molecule has 5 rings (SSSR count). The Hall–Kier alpha value is -4.85. The number of pyridine rings is 1. The van der Waals surface area contributed by atoms with Crippen LogP contribution in [0.3, 0.4) is 0 Å². The largest absolute Gasteiger partial charge is 0.483 e. The van der Waals surface area contributed by atoms with E-state index in [0.717, 1.165) is 0 Å². The summed E-state index contributed by atoms with van der Waals surface area (Å²) in [4.78, 5) is 47.8. The van der Waals surface area contributed by atoms with Crippen LogP contribution in [0.1, 0.15) is 50.9 Å². The summed E-state index contributed by atoms with van der Waals surface area (Å²) >= 11 is 0. The Kier molecular flexibility index (Phi) is 9.18. The standard InChI is InChI=1S/C30H29F3N4O7/c1-42-25-11-20-13-37(19(15-38)7-8-44-35-25)30(41)26-28(43-16-17-5-3-2-4-6-17)27(39)22(14-36(20)26)29(40)34-12-21-23(32)9-18(31)10-24(21)33/h2-6,9-10,14,19-20,38H,7-8,11-13,15-16H2,1H3,(H,34,40)/b35-25+/t19-,20+/m1/s1. The first-order chi connectivity index (χ1) is 21.2. The van der Waals surface area contributed by atoms with Gasteiger partial charge in [-0.2, -0.15) is 0 Å². The molecule has 11 nitrogen and oxygen atoms in total. The van der Waals surface area contributed by atoms with Crippen molar-refractivity contribution >= 4 is 17.7 Å². The molecule has 2 aromatic carbocycles. The normalized spacial score (nSPS) is 19.2. The molecule has 0 radical (unpaired) electrons. The SMILES string of the molecule is CO/C1=N/OCC[C@H](CO)N2C[C@H](C1)n1cc(C(=O)NCc3c(F)cc(F)cc3F)c(=O)c(OCc3ccccc3)c1C2=O. The van der Waals surface area contributed by atoms with E-state index < -0.39 is 70.2 Å². The smallest absolute Gasteiger partial charge is 0.274 e. The van der Waals surface area contributed by atoms with Gasteiger partial charge in [-0.05, 0) is 5.56 Å². The molecule has 44 heavy (non-hydrogen) atoms. The molecule has 14 heteroatoms. The molecular formula is C30H29F3N4O7. The summed E-state index contributed by atoms with van der Waals surface area (Å²) in [5.41, 5.74) is -1.48. The Balaban J connectivity index is 1.60. The van der Waals surface area contributed by atoms with Crippen molar-refractivity contribution in [1.82, 2.24) is 14.8 Å². The molecule has 0 spiro atoms. The van der Waals surface area contributed by atoms with E-state index in [4.69, 9.17) is 14.3 Å². The highest BCUT2D eigenvalue weighted by Crippen LogP contribution is 2.32. The average Bonchev–Trinajstić information content (AvgIpc) is 3.01. The Morgan fingerprint density at radius 2 is 1.89 bits per heavy atom. The number of carbonyl (C=O) groups excluding carboxylic acids is 2. The van der Waals surface area contributed by atoms with Crippen molar-refractivity contribution in [3.63, 3.8) is 0 Å². The monoisotopic (exact) mass is 614 g/mol. The third-order valence-corrected chi connectivity index (χ3v) is 7.46. The quantitative estimate of drug-likeness (QED) is 0.419. The van der Waals surface area contributed by atoms with Crippen LogP contribution in [0.5, 0.6) is 5.75 Å². The van der Waals surface area contributed by atoms with Gasteiger partial charge in [-0.25, -0.2) is 13.2 Å². The topological polar surface area (TPSA) is 132 Å². The molecule has 2 atom stereocenters. The number of ether oxygens (including phenoxy) is 2. The minimum absolute atomic E-state index is 0.0630. The summed E-state index contributed by atoms with van der Waals surface area (Å²) in [6.07, 6.45) is 1.48. The number of methoxy groups -OCH3 is 1. The van der Waals surface area contributed by atoms with Gasteiger partial charge in [0.25, 0.3) is 11.8 Å². The van der Waals surface area contributed by atoms with Crippen LogP contribution in [0.15, 0.2) is 58.6 Å². The van der Waals surface area contributed by atoms with Gasteiger partial charge in [0.05, 0.1) is 25.8 Å². The first kappa shape index (κ1) is 30.6. The van der Waals surface area contributed by atoms with E-state index in [1.165, 1.54) is 22.8 Å². The fraction of sp³-hybridized carbons (Fsp3) is 0.333. The summed E-state index contributed by atoms with van der Waals surface area (Å²) in [5.74, 6) is -5.41. The third-order valence-electron chi connectivity index (χ3n) is 7.46. The minimum Gasteiger partial charge on any atom is -0.483 e. The number of nitrogens with one attached hydrogen (secondary N) is 1. The van der Waals surface area contributed by atoms with Crippen molar-refractivity contribution in [2.45, 2.75) is 38.1 Å². The van der Waals surface area contributed by atoms with Gasteiger partial charge in [0.2, 0.25) is 11.3 Å². The van der Waals surface area contributed by atoms with Gasteiger partial charge in [-0.1, -0.05) is 35.5 Å². The number of rotatable bonds is 7. The Morgan fingerprint density at radius 1 is 1.16 bits per heavy atom. The van der Waals surface area contributed by atoms with Gasteiger partial charge in [-0.15, -0.1) is 0 Å². The fourth-order valence-corrected chi connectivity index (χ4v) is 5.16. The average molecular weight is 615 g/mol. The van der Waals surface area contributed by atoms with Crippen LogP contribution in [-0.4, -0.2) is 65.2 Å². The number of nitrogens with zero attached hydrogens (tertiary/aromatic N) is 3. The molecule has 2 N–H and O–H groups in total. The fourth-order valence-electron chi connectivity index (χ4n) is 5.16. The molecule has 2 bridgehead atoms. The lowest BCUT2D eigenvalue weighted by Crippen LogP contribution is -2.52. The Morgan fingerprint density at radius 3 is 2.57 bits per heavy atom. The van der Waals surface area contributed by atoms with Crippen LogP contribution >= 0.6 is 0 Å². The van der Waals surface area contributed by atoms with Gasteiger partial charge in [0.1, 0.15) is 36.2 Å². The zero-order valence-corrected chi connectivity index (χ0v) is 23.6. The van der Waals surface area contributed by atoms with E-state index in [9.17, 15) is 32.7 Å². The van der Waals surface area contributed by atoms with Crippen LogP contribution in [-0.2, 0) is 22.7 Å². The number of fused-ring (bicyclic) bond motifs is 4. The van der Waals surface area contributed by atoms with Crippen LogP contribution in [0.2, 0.25) is 0 Å². The predicted octanol–water partition coefficient (Wildman–Crippen LogP) is 2.90. The second-order valence-electron chi connectivity index (χ2n) is 10.2. The molecule has 3 aromatic rings. The van der Waals surface area contributed by atoms with Crippen molar-refractivity contribution in [2.24, 2.45) is 5.16 Å². The second-order valence-corrected chi connectivity index (χ2v) is 10.2. The highest BCUT2D eigenvalue weighted by Gasteiger charge is 2.40. The molecule has 0 fully saturated rings. The van der Waals surface area contributed by atoms with Crippen molar-refractivity contribution in [2.75, 3.05) is 26.9 Å². The van der Waals surface area contributed by atoms with Crippen molar-refractivity contribution in [3.8, 4) is 5.75 Å². The maximum absolute atomic E-state index is 14.2. The number of oxime groups is 1. The first-order valence-corrected chi connectivity index (χ1v) is 13.7. The van der Waals surface area contributed by atoms with Gasteiger partial charge < -0.3 is 34.2 Å². The van der Waals surface area contributed by atoms with Gasteiger partial charge in [0.15, 0.2) is 11.4 Å². The van der Waals surface area contributed by atoms with Crippen LogP contribution in [0.4, 0.5) is 13.2 Å². The number of aromatic nitrogens is 1. The van der Waals surface area contributed by atoms with Gasteiger partial charge >= 0.3 is 0 Å². The van der Waals surface area contributed by atoms with Gasteiger partial charge in [0, 0.05) is 49.8 Å². The molecule has 0 unspecified atom stereocenters. The van der Waals surface area contributed by atoms with Crippen molar-refractivity contribution in [3.05, 3.63) is 98.7 Å². The third kappa shape index (κ3) is 6.25. The van der Waals surface area contributed by atoms with Gasteiger partial charge in [-0.3, -0.25) is 14.4 Å². The summed E-state index contributed by atoms with van der Waals surface area (Å²) < 4.78 is 54.5. The highest BCUT2D eigenvalue weighted by atomic mass is 19.1. The summed E-state index contributed by atoms with van der Waals surface area (Å²) in [6.45, 7) is -1.05. The van der Waals surface area contributed by atoms with Crippen LogP contribution in [0.25, 0.3) is 0 Å². The predicted molar refractivity (Wildman–Crippen MR) is 150 cm³/mol. The van der Waals surface area contributed by atoms with E-state index in [0.29, 0.717) is 17.7 Å². The lowest BCUT2D eigenvalue weighted by molar-refractivity contribution is 0.0328. The Bertz CT molecular complexity index is 1620. The van der Waals surface area contributed by atoms with E-state index in [1.54, 1.807) is 30.3 Å². The van der Waals surface area contributed by atoms with E-state index >= 15 is 0 Å². The number of benzene rings is 2. The van der Waals surface area contributed by atoms with E-state index in [1.807, 2.05) is 0 Å². The Labute approximate surface area is 249 Å². The van der Waals surface area contributed by atoms with Crippen LogP contribution < -0.4 is 15.5 Å². The maximum Gasteiger partial charge on any atom is 0.274 e. The minimum atomic E-state index is -1.21. The number of hydrogen-bond donors (Lipinski definition) is 2. The molecule has 0 aliphatic carbocycles. The molecular weight excluding hydrogens is 585 g/mol. The number of halogens is 3. The number of aliphatic hydroxyl groups is 1. The molecule has 3 heterocycles. The molecule has 2 amide bonds.